The van der Waals surface area contributed by atoms with E-state index in [1.807, 2.05) is 0 Å². The van der Waals surface area contributed by atoms with E-state index in [1.165, 1.54) is 31.5 Å². The van der Waals surface area contributed by atoms with Gasteiger partial charge in [0.2, 0.25) is 11.9 Å². The average molecular weight is 403 g/mol. The topological polar surface area (TPSA) is 78.4 Å². The molecule has 0 radical (unpaired) electrons. The van der Waals surface area contributed by atoms with Crippen LogP contribution < -0.4 is 5.32 Å². The van der Waals surface area contributed by atoms with E-state index in [0.717, 1.165) is 12.5 Å². The van der Waals surface area contributed by atoms with Crippen LogP contribution in [0, 0.1) is 11.6 Å². The Hall–Kier alpha value is -3.10. The Labute approximate surface area is 167 Å². The normalized spacial score (nSPS) is 17.1. The molecule has 2 atom stereocenters. The summed E-state index contributed by atoms with van der Waals surface area (Å²) in [6.45, 7) is 4.18. The molecule has 2 heterocycles. The molecule has 1 unspecified atom stereocenters. The van der Waals surface area contributed by atoms with E-state index in [1.54, 1.807) is 23.8 Å². The third-order valence-corrected chi connectivity index (χ3v) is 5.19. The number of amides is 2. The van der Waals surface area contributed by atoms with Crippen molar-refractivity contribution >= 4 is 17.8 Å². The maximum Gasteiger partial charge on any atom is 0.257 e. The zero-order chi connectivity index (χ0) is 21.1. The summed E-state index contributed by atoms with van der Waals surface area (Å²) in [6.07, 6.45) is 3.52. The second-order valence-corrected chi connectivity index (χ2v) is 7.13. The highest BCUT2D eigenvalue weighted by Crippen LogP contribution is 2.22. The molecule has 154 valence electrons. The SMILES string of the molecule is CC(=O)N(C)[C@H]1CCN(C(=O)c2cnc(NC(C)c3cccc(F)c3F)nc2)C1. The molecule has 7 nitrogen and oxygen atoms in total. The van der Waals surface area contributed by atoms with Crippen LogP contribution >= 0.6 is 0 Å². The number of likely N-dealkylation sites (N-methyl/N-ethyl adjacent to an activating group) is 1. The molecule has 0 saturated carbocycles. The maximum absolute atomic E-state index is 13.9. The number of benzene rings is 1. The molecule has 1 aromatic carbocycles. The minimum atomic E-state index is -0.919. The quantitative estimate of drug-likeness (QED) is 0.830. The smallest absolute Gasteiger partial charge is 0.257 e. The average Bonchev–Trinajstić information content (AvgIpc) is 3.19. The lowest BCUT2D eigenvalue weighted by atomic mass is 10.1. The first-order valence-electron chi connectivity index (χ1n) is 9.33. The molecule has 3 rings (SSSR count). The molecule has 1 aliphatic rings. The third kappa shape index (κ3) is 4.49. The van der Waals surface area contributed by atoms with E-state index in [-0.39, 0.29) is 29.4 Å². The van der Waals surface area contributed by atoms with Gasteiger partial charge >= 0.3 is 0 Å². The number of hydrogen-bond donors (Lipinski definition) is 1. The molecule has 1 aromatic heterocycles. The van der Waals surface area contributed by atoms with Gasteiger partial charge in [-0.2, -0.15) is 0 Å². The molecule has 2 aromatic rings. The molecule has 0 spiro atoms. The van der Waals surface area contributed by atoms with Gasteiger partial charge in [-0.15, -0.1) is 0 Å². The highest BCUT2D eigenvalue weighted by Gasteiger charge is 2.30. The van der Waals surface area contributed by atoms with Gasteiger partial charge in [0.05, 0.1) is 17.6 Å². The van der Waals surface area contributed by atoms with Crippen molar-refractivity contribution in [3.05, 3.63) is 53.4 Å². The number of aromatic nitrogens is 2. The van der Waals surface area contributed by atoms with Crippen LogP contribution in [0.2, 0.25) is 0 Å². The Morgan fingerprint density at radius 1 is 1.28 bits per heavy atom. The Balaban J connectivity index is 1.63. The maximum atomic E-state index is 13.9. The number of rotatable bonds is 5. The van der Waals surface area contributed by atoms with Gasteiger partial charge in [0.1, 0.15) is 0 Å². The van der Waals surface area contributed by atoms with Crippen molar-refractivity contribution in [3.63, 3.8) is 0 Å². The Bertz CT molecular complexity index is 906. The zero-order valence-corrected chi connectivity index (χ0v) is 16.5. The Kier molecular flexibility index (Phi) is 6.05. The number of halogens is 2. The summed E-state index contributed by atoms with van der Waals surface area (Å²) >= 11 is 0. The van der Waals surface area contributed by atoms with Gasteiger partial charge < -0.3 is 15.1 Å². The van der Waals surface area contributed by atoms with Crippen molar-refractivity contribution in [1.82, 2.24) is 19.8 Å². The van der Waals surface area contributed by atoms with Gasteiger partial charge in [-0.05, 0) is 19.4 Å². The lowest BCUT2D eigenvalue weighted by molar-refractivity contribution is -0.129. The summed E-state index contributed by atoms with van der Waals surface area (Å²) in [7, 11) is 1.73. The van der Waals surface area contributed by atoms with Crippen LogP contribution in [0.15, 0.2) is 30.6 Å². The number of hydrogen-bond acceptors (Lipinski definition) is 5. The number of nitrogens with zero attached hydrogens (tertiary/aromatic N) is 4. The number of likely N-dealkylation sites (tertiary alicyclic amines) is 1. The van der Waals surface area contributed by atoms with E-state index in [0.29, 0.717) is 18.7 Å². The van der Waals surface area contributed by atoms with E-state index >= 15 is 0 Å². The molecular weight excluding hydrogens is 380 g/mol. The first-order valence-corrected chi connectivity index (χ1v) is 9.33. The van der Waals surface area contributed by atoms with Crippen LogP contribution in [0.25, 0.3) is 0 Å². The van der Waals surface area contributed by atoms with E-state index in [9.17, 15) is 18.4 Å². The summed E-state index contributed by atoms with van der Waals surface area (Å²) in [6, 6.07) is 3.41. The lowest BCUT2D eigenvalue weighted by Gasteiger charge is -2.23. The predicted octanol–water partition coefficient (Wildman–Crippen LogP) is 2.62. The molecule has 9 heteroatoms. The number of nitrogens with one attached hydrogen (secondary N) is 1. The molecule has 29 heavy (non-hydrogen) atoms. The first-order chi connectivity index (χ1) is 13.8. The van der Waals surface area contributed by atoms with E-state index in [4.69, 9.17) is 0 Å². The highest BCUT2D eigenvalue weighted by atomic mass is 19.2. The van der Waals surface area contributed by atoms with Crippen LogP contribution in [0.1, 0.15) is 42.2 Å². The molecule has 2 amide bonds. The summed E-state index contributed by atoms with van der Waals surface area (Å²) in [4.78, 5) is 35.7. The van der Waals surface area contributed by atoms with E-state index < -0.39 is 17.7 Å². The van der Waals surface area contributed by atoms with Gasteiger partial charge in [-0.1, -0.05) is 12.1 Å². The molecular formula is C20H23F2N5O2. The largest absolute Gasteiger partial charge is 0.348 e. The van der Waals surface area contributed by atoms with Gasteiger partial charge in [0.25, 0.3) is 5.91 Å². The fourth-order valence-electron chi connectivity index (χ4n) is 3.32. The second-order valence-electron chi connectivity index (χ2n) is 7.13. The van der Waals surface area contributed by atoms with Gasteiger partial charge in [-0.25, -0.2) is 18.7 Å². The first kappa shape index (κ1) is 20.6. The number of carbonyl (C=O) groups is 2. The van der Waals surface area contributed by atoms with Crippen molar-refractivity contribution in [1.29, 1.82) is 0 Å². The molecule has 1 aliphatic heterocycles. The summed E-state index contributed by atoms with van der Waals surface area (Å²) in [5.74, 6) is -1.88. The fourth-order valence-corrected chi connectivity index (χ4v) is 3.32. The van der Waals surface area contributed by atoms with Crippen LogP contribution in [-0.2, 0) is 4.79 Å². The summed E-state index contributed by atoms with van der Waals surface area (Å²) < 4.78 is 27.3. The third-order valence-electron chi connectivity index (χ3n) is 5.19. The monoisotopic (exact) mass is 403 g/mol. The summed E-state index contributed by atoms with van der Waals surface area (Å²) in [5, 5.41) is 2.90. The predicted molar refractivity (Wildman–Crippen MR) is 103 cm³/mol. The Morgan fingerprint density at radius 3 is 2.62 bits per heavy atom. The molecule has 1 fully saturated rings. The zero-order valence-electron chi connectivity index (χ0n) is 16.5. The minimum Gasteiger partial charge on any atom is -0.348 e. The highest BCUT2D eigenvalue weighted by molar-refractivity contribution is 5.94. The van der Waals surface area contributed by atoms with Crippen LogP contribution in [0.3, 0.4) is 0 Å². The van der Waals surface area contributed by atoms with Gasteiger partial charge in [0.15, 0.2) is 11.6 Å². The van der Waals surface area contributed by atoms with E-state index in [2.05, 4.69) is 15.3 Å². The second kappa shape index (κ2) is 8.50. The van der Waals surface area contributed by atoms with Gasteiger partial charge in [0, 0.05) is 45.0 Å². The molecule has 1 N–H and O–H groups in total. The molecule has 0 bridgehead atoms. The van der Waals surface area contributed by atoms with Crippen molar-refractivity contribution in [2.24, 2.45) is 0 Å². The number of carbonyl (C=O) groups excluding carboxylic acids is 2. The molecule has 1 saturated heterocycles. The fraction of sp³-hybridized carbons (Fsp3) is 0.400. The van der Waals surface area contributed by atoms with Crippen molar-refractivity contribution in [2.45, 2.75) is 32.4 Å². The minimum absolute atomic E-state index is 0.000298. The van der Waals surface area contributed by atoms with Crippen molar-refractivity contribution < 1.29 is 18.4 Å². The van der Waals surface area contributed by atoms with Crippen LogP contribution in [0.4, 0.5) is 14.7 Å². The van der Waals surface area contributed by atoms with Crippen molar-refractivity contribution in [3.8, 4) is 0 Å². The number of anilines is 1. The standard InChI is InChI=1S/C20H23F2N5O2/c1-12(16-5-4-6-17(21)18(16)22)25-20-23-9-14(10-24-20)19(29)27-8-7-15(11-27)26(3)13(2)28/h4-6,9-10,12,15H,7-8,11H2,1-3H3,(H,23,24,25)/t12?,15-/m0/s1. The van der Waals surface area contributed by atoms with Crippen LogP contribution in [0.5, 0.6) is 0 Å². The van der Waals surface area contributed by atoms with Crippen molar-refractivity contribution in [2.75, 3.05) is 25.5 Å². The van der Waals surface area contributed by atoms with Crippen LogP contribution in [-0.4, -0.2) is 57.8 Å². The summed E-state index contributed by atoms with van der Waals surface area (Å²) in [5.41, 5.74) is 0.484. The Morgan fingerprint density at radius 2 is 1.97 bits per heavy atom. The molecule has 0 aliphatic carbocycles. The van der Waals surface area contributed by atoms with Gasteiger partial charge in [-0.3, -0.25) is 9.59 Å². The lowest BCUT2D eigenvalue weighted by Crippen LogP contribution is -2.39.